The van der Waals surface area contributed by atoms with E-state index in [1.54, 1.807) is 6.26 Å². The van der Waals surface area contributed by atoms with Crippen molar-refractivity contribution in [1.82, 2.24) is 10.2 Å². The summed E-state index contributed by atoms with van der Waals surface area (Å²) in [6.07, 6.45) is 6.24. The highest BCUT2D eigenvalue weighted by atomic mass is 16.3. The summed E-state index contributed by atoms with van der Waals surface area (Å²) in [5.41, 5.74) is 1.24. The molecule has 2 heterocycles. The maximum Gasteiger partial charge on any atom is 0.0950 e. The molecule has 1 saturated heterocycles. The van der Waals surface area contributed by atoms with Gasteiger partial charge in [0.05, 0.1) is 12.5 Å². The molecule has 3 heteroatoms. The van der Waals surface area contributed by atoms with Gasteiger partial charge in [-0.1, -0.05) is 6.92 Å². The van der Waals surface area contributed by atoms with Crippen LogP contribution in [-0.4, -0.2) is 30.6 Å². The quantitative estimate of drug-likeness (QED) is 0.829. The average molecular weight is 222 g/mol. The van der Waals surface area contributed by atoms with Gasteiger partial charge in [-0.05, 0) is 38.9 Å². The molecule has 1 aromatic heterocycles. The molecule has 1 aliphatic heterocycles. The summed E-state index contributed by atoms with van der Waals surface area (Å²) in [7, 11) is 0. The van der Waals surface area contributed by atoms with Crippen molar-refractivity contribution < 1.29 is 4.42 Å². The van der Waals surface area contributed by atoms with Crippen LogP contribution in [0.1, 0.15) is 38.3 Å². The van der Waals surface area contributed by atoms with Crippen molar-refractivity contribution in [2.24, 2.45) is 0 Å². The first kappa shape index (κ1) is 11.7. The van der Waals surface area contributed by atoms with Crippen molar-refractivity contribution in [3.63, 3.8) is 0 Å². The first-order valence-corrected chi connectivity index (χ1v) is 6.30. The van der Waals surface area contributed by atoms with Gasteiger partial charge in [-0.3, -0.25) is 4.90 Å². The molecular formula is C13H22N2O. The number of hydrogen-bond donors (Lipinski definition) is 1. The number of likely N-dealkylation sites (tertiary alicyclic amines) is 1. The van der Waals surface area contributed by atoms with E-state index in [4.69, 9.17) is 4.42 Å². The lowest BCUT2D eigenvalue weighted by Gasteiger charge is -2.24. The highest BCUT2D eigenvalue weighted by Crippen LogP contribution is 2.18. The Hall–Kier alpha value is -0.800. The van der Waals surface area contributed by atoms with Gasteiger partial charge in [-0.25, -0.2) is 0 Å². The molecular weight excluding hydrogens is 200 g/mol. The minimum atomic E-state index is 0.387. The minimum absolute atomic E-state index is 0.387. The molecule has 90 valence electrons. The molecule has 16 heavy (non-hydrogen) atoms. The smallest absolute Gasteiger partial charge is 0.0950 e. The Kier molecular flexibility index (Phi) is 4.02. The summed E-state index contributed by atoms with van der Waals surface area (Å²) in [5, 5.41) is 3.59. The number of furan rings is 1. The van der Waals surface area contributed by atoms with Crippen molar-refractivity contribution in [3.05, 3.63) is 24.2 Å². The largest absolute Gasteiger partial charge is 0.472 e. The van der Waals surface area contributed by atoms with Crippen LogP contribution >= 0.6 is 0 Å². The van der Waals surface area contributed by atoms with Crippen LogP contribution < -0.4 is 5.32 Å². The SMILES string of the molecule is CCN1CCCC1CNC(C)c1ccoc1. The van der Waals surface area contributed by atoms with E-state index in [9.17, 15) is 0 Å². The predicted octanol–water partition coefficient (Wildman–Crippen LogP) is 2.41. The highest BCUT2D eigenvalue weighted by Gasteiger charge is 2.23. The molecule has 1 aliphatic rings. The molecule has 0 spiro atoms. The van der Waals surface area contributed by atoms with E-state index in [0.717, 1.165) is 12.6 Å². The minimum Gasteiger partial charge on any atom is -0.472 e. The summed E-state index contributed by atoms with van der Waals surface area (Å²) >= 11 is 0. The Morgan fingerprint density at radius 3 is 3.19 bits per heavy atom. The molecule has 0 radical (unpaired) electrons. The monoisotopic (exact) mass is 222 g/mol. The van der Waals surface area contributed by atoms with Gasteiger partial charge in [0.25, 0.3) is 0 Å². The third kappa shape index (κ3) is 2.66. The number of likely N-dealkylation sites (N-methyl/N-ethyl adjacent to an activating group) is 1. The van der Waals surface area contributed by atoms with Crippen LogP contribution in [0.25, 0.3) is 0 Å². The first-order valence-electron chi connectivity index (χ1n) is 6.30. The van der Waals surface area contributed by atoms with Crippen LogP contribution in [0.4, 0.5) is 0 Å². The molecule has 2 atom stereocenters. The molecule has 2 rings (SSSR count). The number of nitrogens with zero attached hydrogens (tertiary/aromatic N) is 1. The highest BCUT2D eigenvalue weighted by molar-refractivity contribution is 5.10. The second-order valence-corrected chi connectivity index (χ2v) is 4.61. The Morgan fingerprint density at radius 2 is 2.50 bits per heavy atom. The standard InChI is InChI=1S/C13H22N2O/c1-3-15-7-4-5-13(15)9-14-11(2)12-6-8-16-10-12/h6,8,10-11,13-14H,3-5,7,9H2,1-2H3. The lowest BCUT2D eigenvalue weighted by atomic mass is 10.1. The summed E-state index contributed by atoms with van der Waals surface area (Å²) in [4.78, 5) is 2.56. The number of hydrogen-bond acceptors (Lipinski definition) is 3. The molecule has 3 nitrogen and oxygen atoms in total. The van der Waals surface area contributed by atoms with Crippen LogP contribution in [0.15, 0.2) is 23.0 Å². The van der Waals surface area contributed by atoms with Gasteiger partial charge in [0.2, 0.25) is 0 Å². The zero-order chi connectivity index (χ0) is 11.4. The predicted molar refractivity (Wildman–Crippen MR) is 65.4 cm³/mol. The third-order valence-corrected chi connectivity index (χ3v) is 3.61. The maximum atomic E-state index is 5.10. The maximum absolute atomic E-state index is 5.10. The fourth-order valence-corrected chi connectivity index (χ4v) is 2.49. The number of rotatable bonds is 5. The van der Waals surface area contributed by atoms with E-state index in [1.165, 1.54) is 31.5 Å². The average Bonchev–Trinajstić information content (AvgIpc) is 2.96. The van der Waals surface area contributed by atoms with Crippen LogP contribution in [0.5, 0.6) is 0 Å². The van der Waals surface area contributed by atoms with Crippen molar-refractivity contribution in [2.45, 2.75) is 38.8 Å². The normalized spacial score (nSPS) is 23.8. The van der Waals surface area contributed by atoms with E-state index >= 15 is 0 Å². The van der Waals surface area contributed by atoms with E-state index in [0.29, 0.717) is 6.04 Å². The van der Waals surface area contributed by atoms with E-state index in [2.05, 4.69) is 24.1 Å². The van der Waals surface area contributed by atoms with E-state index in [1.807, 2.05) is 12.3 Å². The van der Waals surface area contributed by atoms with Gasteiger partial charge in [-0.15, -0.1) is 0 Å². The van der Waals surface area contributed by atoms with Crippen LogP contribution in [0.3, 0.4) is 0 Å². The van der Waals surface area contributed by atoms with Crippen LogP contribution in [0, 0.1) is 0 Å². The van der Waals surface area contributed by atoms with Gasteiger partial charge in [-0.2, -0.15) is 0 Å². The molecule has 0 bridgehead atoms. The topological polar surface area (TPSA) is 28.4 Å². The Labute approximate surface area is 97.8 Å². The zero-order valence-electron chi connectivity index (χ0n) is 10.3. The summed E-state index contributed by atoms with van der Waals surface area (Å²) in [6.45, 7) is 7.96. The van der Waals surface area contributed by atoms with Crippen molar-refractivity contribution >= 4 is 0 Å². The summed E-state index contributed by atoms with van der Waals surface area (Å²) < 4.78 is 5.10. The lowest BCUT2D eigenvalue weighted by Crippen LogP contribution is -2.38. The van der Waals surface area contributed by atoms with E-state index < -0.39 is 0 Å². The van der Waals surface area contributed by atoms with E-state index in [-0.39, 0.29) is 0 Å². The molecule has 0 amide bonds. The van der Waals surface area contributed by atoms with Crippen LogP contribution in [-0.2, 0) is 0 Å². The van der Waals surface area contributed by atoms with Crippen molar-refractivity contribution in [3.8, 4) is 0 Å². The molecule has 1 fully saturated rings. The van der Waals surface area contributed by atoms with Crippen LogP contribution in [0.2, 0.25) is 0 Å². The Morgan fingerprint density at radius 1 is 1.62 bits per heavy atom. The lowest BCUT2D eigenvalue weighted by molar-refractivity contribution is 0.255. The molecule has 1 N–H and O–H groups in total. The summed E-state index contributed by atoms with van der Waals surface area (Å²) in [5.74, 6) is 0. The first-order chi connectivity index (χ1) is 7.81. The molecule has 0 saturated carbocycles. The molecule has 2 unspecified atom stereocenters. The van der Waals surface area contributed by atoms with Gasteiger partial charge >= 0.3 is 0 Å². The van der Waals surface area contributed by atoms with Crippen molar-refractivity contribution in [1.29, 1.82) is 0 Å². The summed E-state index contributed by atoms with van der Waals surface area (Å²) in [6, 6.07) is 3.14. The molecule has 0 aromatic carbocycles. The van der Waals surface area contributed by atoms with Gasteiger partial charge < -0.3 is 9.73 Å². The van der Waals surface area contributed by atoms with Gasteiger partial charge in [0.15, 0.2) is 0 Å². The number of nitrogens with one attached hydrogen (secondary N) is 1. The van der Waals surface area contributed by atoms with Crippen molar-refractivity contribution in [2.75, 3.05) is 19.6 Å². The third-order valence-electron chi connectivity index (χ3n) is 3.61. The second kappa shape index (κ2) is 5.51. The second-order valence-electron chi connectivity index (χ2n) is 4.61. The zero-order valence-corrected chi connectivity index (χ0v) is 10.3. The van der Waals surface area contributed by atoms with Gasteiger partial charge in [0, 0.05) is 24.2 Å². The Bertz CT molecular complexity index is 297. The Balaban J connectivity index is 1.78. The van der Waals surface area contributed by atoms with Gasteiger partial charge in [0.1, 0.15) is 0 Å². The fourth-order valence-electron chi connectivity index (χ4n) is 2.49. The molecule has 1 aromatic rings. The fraction of sp³-hybridized carbons (Fsp3) is 0.692. The molecule has 0 aliphatic carbocycles.